The Balaban J connectivity index is 1.56. The van der Waals surface area contributed by atoms with Gasteiger partial charge in [-0.1, -0.05) is 42.5 Å². The van der Waals surface area contributed by atoms with Crippen molar-refractivity contribution in [2.24, 2.45) is 0 Å². The Kier molecular flexibility index (Phi) is 5.59. The zero-order valence-electron chi connectivity index (χ0n) is 14.4. The molecule has 0 saturated carbocycles. The van der Waals surface area contributed by atoms with Crippen molar-refractivity contribution in [3.05, 3.63) is 89.5 Å². The number of benzene rings is 2. The Bertz CT molecular complexity index is 905. The number of carbonyl (C=O) groups is 1. The van der Waals surface area contributed by atoms with E-state index in [0.29, 0.717) is 18.7 Å². The number of carbonyl (C=O) groups excluding carboxylic acids is 1. The van der Waals surface area contributed by atoms with E-state index in [9.17, 15) is 18.0 Å². The molecule has 3 aromatic rings. The number of amides is 1. The van der Waals surface area contributed by atoms with Crippen LogP contribution < -0.4 is 5.32 Å². The fraction of sp³-hybridized carbons (Fsp3) is 0.200. The highest BCUT2D eigenvalue weighted by atomic mass is 19.4. The molecule has 1 amide bonds. The van der Waals surface area contributed by atoms with Gasteiger partial charge in [0, 0.05) is 25.5 Å². The monoisotopic (exact) mass is 373 g/mol. The highest BCUT2D eigenvalue weighted by Gasteiger charge is 2.30. The van der Waals surface area contributed by atoms with Crippen molar-refractivity contribution >= 4 is 5.91 Å². The molecule has 3 rings (SSSR count). The van der Waals surface area contributed by atoms with Crippen molar-refractivity contribution in [3.63, 3.8) is 0 Å². The van der Waals surface area contributed by atoms with Crippen LogP contribution in [0.15, 0.2) is 67.3 Å². The molecule has 0 atom stereocenters. The summed E-state index contributed by atoms with van der Waals surface area (Å²) in [6.07, 6.45) is 0.783. The summed E-state index contributed by atoms with van der Waals surface area (Å²) in [5.74, 6) is -0.325. The molecule has 0 bridgehead atoms. The first-order valence-electron chi connectivity index (χ1n) is 8.36. The van der Waals surface area contributed by atoms with E-state index in [1.165, 1.54) is 12.1 Å². The van der Waals surface area contributed by atoms with Gasteiger partial charge >= 0.3 is 6.18 Å². The van der Waals surface area contributed by atoms with Crippen molar-refractivity contribution in [3.8, 4) is 0 Å². The summed E-state index contributed by atoms with van der Waals surface area (Å²) in [6, 6.07) is 12.6. The number of nitrogens with one attached hydrogen (secondary N) is 1. The Morgan fingerprint density at radius 3 is 2.52 bits per heavy atom. The lowest BCUT2D eigenvalue weighted by atomic mass is 10.1. The second-order valence-electron chi connectivity index (χ2n) is 6.21. The largest absolute Gasteiger partial charge is 0.416 e. The maximum absolute atomic E-state index is 12.7. The van der Waals surface area contributed by atoms with Crippen LogP contribution in [0.25, 0.3) is 0 Å². The van der Waals surface area contributed by atoms with E-state index in [0.717, 1.165) is 23.3 Å². The van der Waals surface area contributed by atoms with Gasteiger partial charge in [-0.2, -0.15) is 13.2 Å². The first kappa shape index (κ1) is 18.7. The molecule has 1 heterocycles. The van der Waals surface area contributed by atoms with Crippen LogP contribution in [-0.4, -0.2) is 15.5 Å². The van der Waals surface area contributed by atoms with E-state index in [1.54, 1.807) is 12.5 Å². The average molecular weight is 373 g/mol. The zero-order chi connectivity index (χ0) is 19.3. The fourth-order valence-corrected chi connectivity index (χ4v) is 2.74. The third-order valence-corrected chi connectivity index (χ3v) is 4.02. The molecule has 7 heteroatoms. The molecule has 0 aliphatic heterocycles. The topological polar surface area (TPSA) is 46.9 Å². The Labute approximate surface area is 154 Å². The van der Waals surface area contributed by atoms with E-state index in [-0.39, 0.29) is 12.3 Å². The van der Waals surface area contributed by atoms with Crippen LogP contribution in [0.1, 0.15) is 22.3 Å². The van der Waals surface area contributed by atoms with Crippen LogP contribution in [0.4, 0.5) is 13.2 Å². The van der Waals surface area contributed by atoms with E-state index in [2.05, 4.69) is 10.3 Å². The molecule has 27 heavy (non-hydrogen) atoms. The third kappa shape index (κ3) is 5.44. The number of alkyl halides is 3. The van der Waals surface area contributed by atoms with Gasteiger partial charge in [0.25, 0.3) is 0 Å². The lowest BCUT2D eigenvalue weighted by Crippen LogP contribution is -2.24. The predicted octanol–water partition coefficient (Wildman–Crippen LogP) is 3.81. The maximum atomic E-state index is 12.7. The SMILES string of the molecule is O=C(Cc1cccc(C(F)(F)F)c1)NCc1cccc(Cn2ccnc2)c1. The molecular formula is C20H18F3N3O. The van der Waals surface area contributed by atoms with E-state index >= 15 is 0 Å². The minimum atomic E-state index is -4.41. The highest BCUT2D eigenvalue weighted by Crippen LogP contribution is 2.29. The molecule has 0 spiro atoms. The highest BCUT2D eigenvalue weighted by molar-refractivity contribution is 5.78. The number of aromatic nitrogens is 2. The van der Waals surface area contributed by atoms with E-state index in [1.807, 2.05) is 35.0 Å². The number of hydrogen-bond acceptors (Lipinski definition) is 2. The van der Waals surface area contributed by atoms with E-state index in [4.69, 9.17) is 0 Å². The van der Waals surface area contributed by atoms with Crippen LogP contribution >= 0.6 is 0 Å². The first-order chi connectivity index (χ1) is 12.9. The summed E-state index contributed by atoms with van der Waals surface area (Å²) in [4.78, 5) is 16.1. The summed E-state index contributed by atoms with van der Waals surface area (Å²) >= 11 is 0. The van der Waals surface area contributed by atoms with Crippen LogP contribution in [0.3, 0.4) is 0 Å². The molecule has 0 saturated heterocycles. The smallest absolute Gasteiger partial charge is 0.352 e. The first-order valence-corrected chi connectivity index (χ1v) is 8.36. The molecule has 1 aromatic heterocycles. The summed E-state index contributed by atoms with van der Waals surface area (Å²) in [6.45, 7) is 0.988. The molecule has 2 aromatic carbocycles. The van der Waals surface area contributed by atoms with Crippen LogP contribution in [0.5, 0.6) is 0 Å². The quantitative estimate of drug-likeness (QED) is 0.714. The molecule has 140 valence electrons. The number of rotatable bonds is 6. The Morgan fingerprint density at radius 1 is 1.04 bits per heavy atom. The van der Waals surface area contributed by atoms with Gasteiger partial charge in [-0.05, 0) is 22.8 Å². The number of nitrogens with zero attached hydrogens (tertiary/aromatic N) is 2. The summed E-state index contributed by atoms with van der Waals surface area (Å²) in [5.41, 5.74) is 1.57. The molecule has 0 aliphatic rings. The summed E-state index contributed by atoms with van der Waals surface area (Å²) < 4.78 is 40.2. The van der Waals surface area contributed by atoms with Gasteiger partial charge in [0.1, 0.15) is 0 Å². The Morgan fingerprint density at radius 2 is 1.78 bits per heavy atom. The maximum Gasteiger partial charge on any atom is 0.416 e. The lowest BCUT2D eigenvalue weighted by molar-refractivity contribution is -0.137. The van der Waals surface area contributed by atoms with Crippen molar-refractivity contribution in [2.45, 2.75) is 25.7 Å². The summed E-state index contributed by atoms with van der Waals surface area (Å²) in [5, 5.41) is 2.75. The van der Waals surface area contributed by atoms with Gasteiger partial charge in [-0.15, -0.1) is 0 Å². The number of imidazole rings is 1. The molecule has 1 N–H and O–H groups in total. The second-order valence-corrected chi connectivity index (χ2v) is 6.21. The van der Waals surface area contributed by atoms with Gasteiger partial charge in [0.2, 0.25) is 5.91 Å². The molecule has 0 aliphatic carbocycles. The lowest BCUT2D eigenvalue weighted by Gasteiger charge is -2.10. The zero-order valence-corrected chi connectivity index (χ0v) is 14.4. The summed E-state index contributed by atoms with van der Waals surface area (Å²) in [7, 11) is 0. The minimum Gasteiger partial charge on any atom is -0.352 e. The molecule has 0 fully saturated rings. The standard InChI is InChI=1S/C20H18F3N3O/c21-20(22,23)18-6-2-3-15(10-18)11-19(27)25-12-16-4-1-5-17(9-16)13-26-8-7-24-14-26/h1-10,14H,11-13H2,(H,25,27). The van der Waals surface area contributed by atoms with Crippen molar-refractivity contribution in [1.82, 2.24) is 14.9 Å². The number of hydrogen-bond donors (Lipinski definition) is 1. The fourth-order valence-electron chi connectivity index (χ4n) is 2.74. The minimum absolute atomic E-state index is 0.0986. The van der Waals surface area contributed by atoms with Crippen molar-refractivity contribution in [1.29, 1.82) is 0 Å². The van der Waals surface area contributed by atoms with Crippen LogP contribution in [0, 0.1) is 0 Å². The van der Waals surface area contributed by atoms with Gasteiger partial charge in [0.05, 0.1) is 18.3 Å². The Hall–Kier alpha value is -3.09. The van der Waals surface area contributed by atoms with Gasteiger partial charge in [0.15, 0.2) is 0 Å². The molecular weight excluding hydrogens is 355 g/mol. The van der Waals surface area contributed by atoms with Gasteiger partial charge in [-0.25, -0.2) is 4.98 Å². The second kappa shape index (κ2) is 8.07. The number of halogens is 3. The van der Waals surface area contributed by atoms with Crippen molar-refractivity contribution < 1.29 is 18.0 Å². The predicted molar refractivity (Wildman–Crippen MR) is 94.8 cm³/mol. The molecule has 4 nitrogen and oxygen atoms in total. The average Bonchev–Trinajstić information content (AvgIpc) is 3.13. The molecule has 0 unspecified atom stereocenters. The van der Waals surface area contributed by atoms with Crippen LogP contribution in [-0.2, 0) is 30.5 Å². The molecule has 0 radical (unpaired) electrons. The van der Waals surface area contributed by atoms with E-state index < -0.39 is 11.7 Å². The van der Waals surface area contributed by atoms with Crippen molar-refractivity contribution in [2.75, 3.05) is 0 Å². The normalized spacial score (nSPS) is 11.4. The van der Waals surface area contributed by atoms with Crippen LogP contribution in [0.2, 0.25) is 0 Å². The van der Waals surface area contributed by atoms with Gasteiger partial charge in [-0.3, -0.25) is 4.79 Å². The third-order valence-electron chi connectivity index (χ3n) is 4.02. The van der Waals surface area contributed by atoms with Gasteiger partial charge < -0.3 is 9.88 Å².